The molecule has 2 aromatic rings. The molecule has 0 saturated carbocycles. The van der Waals surface area contributed by atoms with Crippen molar-refractivity contribution in [2.24, 2.45) is 5.73 Å². The minimum Gasteiger partial charge on any atom is -0.496 e. The highest BCUT2D eigenvalue weighted by atomic mass is 16.5. The van der Waals surface area contributed by atoms with E-state index in [1.165, 1.54) is 11.1 Å². The van der Waals surface area contributed by atoms with E-state index >= 15 is 0 Å². The van der Waals surface area contributed by atoms with Crippen LogP contribution < -0.4 is 10.5 Å². The van der Waals surface area contributed by atoms with Gasteiger partial charge in [-0.05, 0) is 56.0 Å². The molecule has 0 saturated heterocycles. The van der Waals surface area contributed by atoms with E-state index in [4.69, 9.17) is 10.5 Å². The summed E-state index contributed by atoms with van der Waals surface area (Å²) in [7, 11) is 1.70. The van der Waals surface area contributed by atoms with Crippen LogP contribution in [0.4, 0.5) is 0 Å². The molecule has 2 aromatic carbocycles. The SMILES string of the molecule is COc1cc(C)cc(C)c1C(C)(N)c1ccccc1C. The maximum absolute atomic E-state index is 6.71. The molecule has 2 heteroatoms. The fraction of sp³-hybridized carbons (Fsp3) is 0.333. The van der Waals surface area contributed by atoms with Crippen molar-refractivity contribution in [1.29, 1.82) is 0 Å². The van der Waals surface area contributed by atoms with Gasteiger partial charge in [0.25, 0.3) is 0 Å². The number of ether oxygens (including phenoxy) is 1. The topological polar surface area (TPSA) is 35.2 Å². The first-order valence-electron chi connectivity index (χ1n) is 6.88. The Bertz CT molecular complexity index is 629. The van der Waals surface area contributed by atoms with Crippen molar-refractivity contribution in [3.8, 4) is 5.75 Å². The predicted octanol–water partition coefficient (Wildman–Crippen LogP) is 3.84. The van der Waals surface area contributed by atoms with Gasteiger partial charge in [-0.25, -0.2) is 0 Å². The largest absolute Gasteiger partial charge is 0.496 e. The zero-order valence-electron chi connectivity index (χ0n) is 12.9. The van der Waals surface area contributed by atoms with Crippen LogP contribution in [0.2, 0.25) is 0 Å². The van der Waals surface area contributed by atoms with E-state index in [0.29, 0.717) is 0 Å². The summed E-state index contributed by atoms with van der Waals surface area (Å²) in [5.74, 6) is 0.857. The molecule has 2 nitrogen and oxygen atoms in total. The normalized spacial score (nSPS) is 13.9. The Morgan fingerprint density at radius 1 is 1.00 bits per heavy atom. The molecule has 0 aliphatic heterocycles. The highest BCUT2D eigenvalue weighted by Gasteiger charge is 2.30. The second-order valence-corrected chi connectivity index (χ2v) is 5.68. The van der Waals surface area contributed by atoms with Crippen molar-refractivity contribution in [1.82, 2.24) is 0 Å². The third-order valence-electron chi connectivity index (χ3n) is 3.89. The lowest BCUT2D eigenvalue weighted by Crippen LogP contribution is -2.36. The Labute approximate surface area is 121 Å². The predicted molar refractivity (Wildman–Crippen MR) is 84.3 cm³/mol. The standard InChI is InChI=1S/C18H23NO/c1-12-10-14(3)17(16(11-12)20-5)18(4,19)15-9-7-6-8-13(15)2/h6-11H,19H2,1-5H3. The maximum Gasteiger partial charge on any atom is 0.124 e. The summed E-state index contributed by atoms with van der Waals surface area (Å²) in [5, 5.41) is 0. The first kappa shape index (κ1) is 14.6. The summed E-state index contributed by atoms with van der Waals surface area (Å²) in [6.07, 6.45) is 0. The molecule has 0 aliphatic carbocycles. The summed E-state index contributed by atoms with van der Waals surface area (Å²) in [4.78, 5) is 0. The molecule has 0 spiro atoms. The lowest BCUT2D eigenvalue weighted by molar-refractivity contribution is 0.397. The Hall–Kier alpha value is -1.80. The number of benzene rings is 2. The molecule has 0 aromatic heterocycles. The number of methoxy groups -OCH3 is 1. The summed E-state index contributed by atoms with van der Waals surface area (Å²) in [6, 6.07) is 12.5. The quantitative estimate of drug-likeness (QED) is 0.918. The molecule has 0 radical (unpaired) electrons. The molecule has 1 atom stereocenters. The van der Waals surface area contributed by atoms with Crippen LogP contribution in [0.25, 0.3) is 0 Å². The average Bonchev–Trinajstić information content (AvgIpc) is 2.37. The van der Waals surface area contributed by atoms with E-state index in [1.807, 2.05) is 18.2 Å². The van der Waals surface area contributed by atoms with Gasteiger partial charge in [-0.2, -0.15) is 0 Å². The van der Waals surface area contributed by atoms with Gasteiger partial charge in [0.1, 0.15) is 5.75 Å². The van der Waals surface area contributed by atoms with Crippen LogP contribution in [0.5, 0.6) is 5.75 Å². The van der Waals surface area contributed by atoms with Gasteiger partial charge in [-0.15, -0.1) is 0 Å². The van der Waals surface area contributed by atoms with Crippen LogP contribution in [0.15, 0.2) is 36.4 Å². The average molecular weight is 269 g/mol. The Morgan fingerprint density at radius 3 is 2.25 bits per heavy atom. The van der Waals surface area contributed by atoms with Gasteiger partial charge < -0.3 is 10.5 Å². The van der Waals surface area contributed by atoms with Gasteiger partial charge >= 0.3 is 0 Å². The molecule has 0 amide bonds. The number of nitrogens with two attached hydrogens (primary N) is 1. The molecule has 2 rings (SSSR count). The van der Waals surface area contributed by atoms with E-state index in [2.05, 4.69) is 45.9 Å². The van der Waals surface area contributed by atoms with Crippen LogP contribution in [0, 0.1) is 20.8 Å². The molecule has 20 heavy (non-hydrogen) atoms. The fourth-order valence-electron chi connectivity index (χ4n) is 3.05. The lowest BCUT2D eigenvalue weighted by atomic mass is 9.80. The molecular formula is C18H23NO. The van der Waals surface area contributed by atoms with Crippen LogP contribution in [-0.2, 0) is 5.54 Å². The van der Waals surface area contributed by atoms with Gasteiger partial charge in [0.15, 0.2) is 0 Å². The fourth-order valence-corrected chi connectivity index (χ4v) is 3.05. The highest BCUT2D eigenvalue weighted by molar-refractivity contribution is 5.52. The van der Waals surface area contributed by atoms with E-state index in [1.54, 1.807) is 7.11 Å². The highest BCUT2D eigenvalue weighted by Crippen LogP contribution is 2.37. The van der Waals surface area contributed by atoms with E-state index < -0.39 is 5.54 Å². The van der Waals surface area contributed by atoms with Crippen LogP contribution in [0.1, 0.15) is 34.7 Å². The zero-order valence-corrected chi connectivity index (χ0v) is 12.9. The van der Waals surface area contributed by atoms with Gasteiger partial charge in [-0.3, -0.25) is 0 Å². The van der Waals surface area contributed by atoms with Crippen molar-refractivity contribution < 1.29 is 4.74 Å². The number of rotatable bonds is 3. The molecule has 106 valence electrons. The monoisotopic (exact) mass is 269 g/mol. The summed E-state index contributed by atoms with van der Waals surface area (Å²) in [6.45, 7) is 8.31. The van der Waals surface area contributed by atoms with Crippen molar-refractivity contribution in [3.05, 3.63) is 64.2 Å². The van der Waals surface area contributed by atoms with E-state index in [0.717, 1.165) is 22.4 Å². The van der Waals surface area contributed by atoms with Crippen LogP contribution in [-0.4, -0.2) is 7.11 Å². The molecule has 0 heterocycles. The molecule has 0 fully saturated rings. The Balaban J connectivity index is 2.69. The van der Waals surface area contributed by atoms with Gasteiger partial charge in [0, 0.05) is 5.56 Å². The number of hydrogen-bond acceptors (Lipinski definition) is 2. The maximum atomic E-state index is 6.71. The summed E-state index contributed by atoms with van der Waals surface area (Å²) >= 11 is 0. The summed E-state index contributed by atoms with van der Waals surface area (Å²) in [5.41, 5.74) is 11.9. The van der Waals surface area contributed by atoms with Crippen LogP contribution >= 0.6 is 0 Å². The van der Waals surface area contributed by atoms with E-state index in [9.17, 15) is 0 Å². The van der Waals surface area contributed by atoms with Gasteiger partial charge in [0.05, 0.1) is 12.6 Å². The lowest BCUT2D eigenvalue weighted by Gasteiger charge is -2.31. The first-order chi connectivity index (χ1) is 9.37. The zero-order chi connectivity index (χ0) is 14.9. The Kier molecular flexibility index (Phi) is 3.87. The smallest absolute Gasteiger partial charge is 0.124 e. The molecule has 2 N–H and O–H groups in total. The van der Waals surface area contributed by atoms with Crippen molar-refractivity contribution in [2.75, 3.05) is 7.11 Å². The van der Waals surface area contributed by atoms with Crippen molar-refractivity contribution >= 4 is 0 Å². The molecule has 0 bridgehead atoms. The second-order valence-electron chi connectivity index (χ2n) is 5.68. The number of hydrogen-bond donors (Lipinski definition) is 1. The second kappa shape index (κ2) is 5.29. The van der Waals surface area contributed by atoms with E-state index in [-0.39, 0.29) is 0 Å². The molecule has 0 aliphatic rings. The minimum absolute atomic E-state index is 0.575. The Morgan fingerprint density at radius 2 is 1.65 bits per heavy atom. The van der Waals surface area contributed by atoms with Gasteiger partial charge in [0.2, 0.25) is 0 Å². The van der Waals surface area contributed by atoms with Crippen LogP contribution in [0.3, 0.4) is 0 Å². The minimum atomic E-state index is -0.575. The molecule has 1 unspecified atom stereocenters. The number of aryl methyl sites for hydroxylation is 3. The first-order valence-corrected chi connectivity index (χ1v) is 6.88. The van der Waals surface area contributed by atoms with Crippen molar-refractivity contribution in [2.45, 2.75) is 33.2 Å². The third kappa shape index (κ3) is 2.44. The third-order valence-corrected chi connectivity index (χ3v) is 3.89. The van der Waals surface area contributed by atoms with Crippen molar-refractivity contribution in [3.63, 3.8) is 0 Å². The summed E-state index contributed by atoms with van der Waals surface area (Å²) < 4.78 is 5.57. The van der Waals surface area contributed by atoms with Gasteiger partial charge in [-0.1, -0.05) is 30.3 Å². The molecular weight excluding hydrogens is 246 g/mol.